The number of carbonyl (C=O) groups is 2. The smallest absolute Gasteiger partial charge is 0.254 e. The van der Waals surface area contributed by atoms with Gasteiger partial charge in [0.05, 0.1) is 0 Å². The van der Waals surface area contributed by atoms with E-state index in [1.165, 1.54) is 10.9 Å². The van der Waals surface area contributed by atoms with Gasteiger partial charge in [-0.05, 0) is 59.9 Å². The Morgan fingerprint density at radius 2 is 1.36 bits per heavy atom. The van der Waals surface area contributed by atoms with Crippen molar-refractivity contribution in [2.75, 3.05) is 32.1 Å². The highest BCUT2D eigenvalue weighted by atomic mass is 16.2. The molecule has 2 amide bonds. The lowest BCUT2D eigenvalue weighted by molar-refractivity contribution is -0.132. The van der Waals surface area contributed by atoms with Crippen LogP contribution in [0.3, 0.4) is 0 Å². The number of benzene rings is 4. The van der Waals surface area contributed by atoms with Gasteiger partial charge in [0.2, 0.25) is 5.91 Å². The van der Waals surface area contributed by atoms with Crippen molar-refractivity contribution in [2.24, 2.45) is 0 Å². The molecule has 6 nitrogen and oxygen atoms in total. The summed E-state index contributed by atoms with van der Waals surface area (Å²) in [6, 6.07) is 33.9. The molecule has 0 aliphatic heterocycles. The maximum Gasteiger partial charge on any atom is 0.254 e. The largest absolute Gasteiger partial charge is 0.378 e. The van der Waals surface area contributed by atoms with Gasteiger partial charge in [-0.15, -0.1) is 0 Å². The normalized spacial score (nSPS) is 10.9. The lowest BCUT2D eigenvalue weighted by atomic mass is 10.1. The number of aromatic amines is 1. The zero-order chi connectivity index (χ0) is 29.5. The van der Waals surface area contributed by atoms with Crippen molar-refractivity contribution < 1.29 is 9.59 Å². The van der Waals surface area contributed by atoms with Crippen LogP contribution in [0.25, 0.3) is 10.9 Å². The summed E-state index contributed by atoms with van der Waals surface area (Å²) < 4.78 is 0. The first-order valence-corrected chi connectivity index (χ1v) is 14.4. The van der Waals surface area contributed by atoms with Crippen LogP contribution in [0.5, 0.6) is 0 Å². The quantitative estimate of drug-likeness (QED) is 0.203. The fraction of sp³-hybridized carbons (Fsp3) is 0.222. The van der Waals surface area contributed by atoms with Crippen LogP contribution < -0.4 is 4.90 Å². The molecule has 42 heavy (non-hydrogen) atoms. The van der Waals surface area contributed by atoms with Crippen molar-refractivity contribution in [3.63, 3.8) is 0 Å². The number of H-pyrrole nitrogens is 1. The van der Waals surface area contributed by atoms with Crippen molar-refractivity contribution in [1.82, 2.24) is 14.8 Å². The summed E-state index contributed by atoms with van der Waals surface area (Å²) in [6.45, 7) is 3.28. The number of carbonyl (C=O) groups excluding carboxylic acids is 2. The van der Waals surface area contributed by atoms with Crippen LogP contribution in [0.1, 0.15) is 32.6 Å². The fourth-order valence-electron chi connectivity index (χ4n) is 5.26. The van der Waals surface area contributed by atoms with Gasteiger partial charge in [-0.3, -0.25) is 9.59 Å². The zero-order valence-corrected chi connectivity index (χ0v) is 24.6. The van der Waals surface area contributed by atoms with Crippen LogP contribution in [-0.4, -0.2) is 53.8 Å². The number of para-hydroxylation sites is 1. The van der Waals surface area contributed by atoms with E-state index >= 15 is 0 Å². The molecule has 0 aliphatic carbocycles. The minimum Gasteiger partial charge on any atom is -0.378 e. The predicted molar refractivity (Wildman–Crippen MR) is 171 cm³/mol. The Morgan fingerprint density at radius 1 is 0.714 bits per heavy atom. The molecule has 0 aliphatic rings. The molecular formula is C36H38N4O2. The number of aromatic nitrogens is 1. The van der Waals surface area contributed by atoms with Gasteiger partial charge in [-0.25, -0.2) is 0 Å². The summed E-state index contributed by atoms with van der Waals surface area (Å²) in [5.41, 5.74) is 6.90. The molecule has 1 N–H and O–H groups in total. The van der Waals surface area contributed by atoms with Crippen LogP contribution in [0.2, 0.25) is 0 Å². The van der Waals surface area contributed by atoms with E-state index in [-0.39, 0.29) is 18.4 Å². The molecule has 1 aromatic heterocycles. The number of nitrogens with zero attached hydrogens (tertiary/aromatic N) is 3. The number of nitrogens with one attached hydrogen (secondary N) is 1. The molecule has 1 heterocycles. The average molecular weight is 559 g/mol. The monoisotopic (exact) mass is 558 g/mol. The average Bonchev–Trinajstić information content (AvgIpc) is 3.42. The topological polar surface area (TPSA) is 59.7 Å². The third-order valence-electron chi connectivity index (χ3n) is 7.71. The summed E-state index contributed by atoms with van der Waals surface area (Å²) in [7, 11) is 4.03. The van der Waals surface area contributed by atoms with Gasteiger partial charge in [-0.1, -0.05) is 78.9 Å². The summed E-state index contributed by atoms with van der Waals surface area (Å²) in [5.74, 6) is -0.221. The van der Waals surface area contributed by atoms with Crippen molar-refractivity contribution in [1.29, 1.82) is 0 Å². The molecule has 0 unspecified atom stereocenters. The van der Waals surface area contributed by atoms with Crippen LogP contribution in [0.15, 0.2) is 109 Å². The minimum absolute atomic E-state index is 0.00821. The second-order valence-corrected chi connectivity index (χ2v) is 10.9. The second kappa shape index (κ2) is 13.2. The Balaban J connectivity index is 1.41. The molecule has 4 aromatic carbocycles. The van der Waals surface area contributed by atoms with E-state index in [1.54, 1.807) is 4.90 Å². The van der Waals surface area contributed by atoms with Crippen LogP contribution in [0.4, 0.5) is 5.69 Å². The van der Waals surface area contributed by atoms with Gasteiger partial charge in [0.1, 0.15) is 6.54 Å². The number of amides is 2. The first-order valence-electron chi connectivity index (χ1n) is 14.4. The van der Waals surface area contributed by atoms with Crippen molar-refractivity contribution in [3.8, 4) is 0 Å². The summed E-state index contributed by atoms with van der Waals surface area (Å²) in [4.78, 5) is 36.9. The van der Waals surface area contributed by atoms with Gasteiger partial charge in [0, 0.05) is 62.1 Å². The summed E-state index contributed by atoms with van der Waals surface area (Å²) in [5, 5.41) is 1.17. The maximum absolute atomic E-state index is 14.1. The van der Waals surface area contributed by atoms with Gasteiger partial charge >= 0.3 is 0 Å². The van der Waals surface area contributed by atoms with Crippen LogP contribution in [0, 0.1) is 6.92 Å². The SMILES string of the molecule is Cc1ccccc1C(=O)N(CC(=O)N(CCc1c[nH]c2ccccc12)Cc1ccc(N(C)C)cc1)Cc1ccccc1. The van der Waals surface area contributed by atoms with E-state index in [9.17, 15) is 9.59 Å². The van der Waals surface area contributed by atoms with Crippen molar-refractivity contribution in [2.45, 2.75) is 26.4 Å². The Kier molecular flexibility index (Phi) is 9.02. The van der Waals surface area contributed by atoms with E-state index in [0.29, 0.717) is 31.6 Å². The summed E-state index contributed by atoms with van der Waals surface area (Å²) in [6.07, 6.45) is 2.73. The number of hydrogen-bond acceptors (Lipinski definition) is 3. The first-order chi connectivity index (χ1) is 20.4. The highest BCUT2D eigenvalue weighted by Gasteiger charge is 2.24. The maximum atomic E-state index is 14.1. The standard InChI is InChI=1S/C36H38N4O2/c1-27-11-7-8-14-32(27)36(42)40(25-28-12-5-4-6-13-28)26-35(41)39(24-29-17-19-31(20-18-29)38(2)3)22-21-30-23-37-34-16-10-9-15-33(30)34/h4-20,23,37H,21-22,24-26H2,1-3H3. The Labute approximate surface area is 248 Å². The minimum atomic E-state index is -0.141. The molecule has 0 spiro atoms. The van der Waals surface area contributed by atoms with Crippen LogP contribution >= 0.6 is 0 Å². The summed E-state index contributed by atoms with van der Waals surface area (Å²) >= 11 is 0. The molecule has 0 radical (unpaired) electrons. The molecule has 0 saturated carbocycles. The Hall–Kier alpha value is -4.84. The molecular weight excluding hydrogens is 520 g/mol. The second-order valence-electron chi connectivity index (χ2n) is 10.9. The molecule has 0 bridgehead atoms. The number of rotatable bonds is 11. The fourth-order valence-corrected chi connectivity index (χ4v) is 5.26. The Morgan fingerprint density at radius 3 is 2.10 bits per heavy atom. The van der Waals surface area contributed by atoms with Gasteiger partial charge in [0.25, 0.3) is 5.91 Å². The Bertz CT molecular complexity index is 1640. The molecule has 0 saturated heterocycles. The molecule has 6 heteroatoms. The molecule has 0 atom stereocenters. The van der Waals surface area contributed by atoms with Gasteiger partial charge in [0.15, 0.2) is 0 Å². The zero-order valence-electron chi connectivity index (χ0n) is 24.6. The lowest BCUT2D eigenvalue weighted by Gasteiger charge is -2.28. The highest BCUT2D eigenvalue weighted by Crippen LogP contribution is 2.20. The predicted octanol–water partition coefficient (Wildman–Crippen LogP) is 6.46. The number of anilines is 1. The van der Waals surface area contributed by atoms with Gasteiger partial charge < -0.3 is 19.7 Å². The van der Waals surface area contributed by atoms with Gasteiger partial charge in [-0.2, -0.15) is 0 Å². The van der Waals surface area contributed by atoms with E-state index in [4.69, 9.17) is 0 Å². The highest BCUT2D eigenvalue weighted by molar-refractivity contribution is 5.97. The molecule has 214 valence electrons. The number of hydrogen-bond donors (Lipinski definition) is 1. The van der Waals surface area contributed by atoms with Crippen molar-refractivity contribution in [3.05, 3.63) is 137 Å². The van der Waals surface area contributed by atoms with E-state index < -0.39 is 0 Å². The van der Waals surface area contributed by atoms with Crippen LogP contribution in [-0.2, 0) is 24.3 Å². The third kappa shape index (κ3) is 6.89. The molecule has 5 rings (SSSR count). The number of aryl methyl sites for hydroxylation is 1. The van der Waals surface area contributed by atoms with E-state index in [0.717, 1.165) is 27.9 Å². The number of fused-ring (bicyclic) bond motifs is 1. The molecule has 0 fully saturated rings. The molecule has 5 aromatic rings. The van der Waals surface area contributed by atoms with Crippen molar-refractivity contribution >= 4 is 28.4 Å². The van der Waals surface area contributed by atoms with E-state index in [2.05, 4.69) is 46.3 Å². The van der Waals surface area contributed by atoms with E-state index in [1.807, 2.05) is 98.8 Å². The first kappa shape index (κ1) is 28.7. The lowest BCUT2D eigenvalue weighted by Crippen LogP contribution is -2.43. The third-order valence-corrected chi connectivity index (χ3v) is 7.71.